The average Bonchev–Trinajstić information content (AvgIpc) is 3.13. The molecular formula is C16H24N6O. The summed E-state index contributed by atoms with van der Waals surface area (Å²) in [7, 11) is 1.93. The maximum atomic E-state index is 12.7. The fourth-order valence-electron chi connectivity index (χ4n) is 3.07. The van der Waals surface area contributed by atoms with E-state index in [1.807, 2.05) is 47.6 Å². The van der Waals surface area contributed by atoms with Gasteiger partial charge in [0.1, 0.15) is 0 Å². The van der Waals surface area contributed by atoms with E-state index in [0.717, 1.165) is 50.5 Å². The lowest BCUT2D eigenvalue weighted by Crippen LogP contribution is -2.48. The number of aromatic nitrogens is 4. The molecular weight excluding hydrogens is 292 g/mol. The van der Waals surface area contributed by atoms with Crippen molar-refractivity contribution in [1.29, 1.82) is 0 Å². The molecule has 7 heteroatoms. The maximum Gasteiger partial charge on any atom is 0.257 e. The molecule has 0 spiro atoms. The van der Waals surface area contributed by atoms with Crippen LogP contribution in [0.3, 0.4) is 0 Å². The van der Waals surface area contributed by atoms with E-state index in [-0.39, 0.29) is 5.91 Å². The highest BCUT2D eigenvalue weighted by atomic mass is 16.2. The molecule has 0 atom stereocenters. The maximum absolute atomic E-state index is 12.7. The highest BCUT2D eigenvalue weighted by Gasteiger charge is 2.24. The Balaban J connectivity index is 1.57. The Morgan fingerprint density at radius 3 is 2.48 bits per heavy atom. The number of carbonyl (C=O) groups is 1. The first-order valence-electron chi connectivity index (χ1n) is 8.10. The highest BCUT2D eigenvalue weighted by Crippen LogP contribution is 2.14. The minimum atomic E-state index is 0.100. The number of hydrogen-bond donors (Lipinski definition) is 0. The quantitative estimate of drug-likeness (QED) is 0.841. The zero-order valence-electron chi connectivity index (χ0n) is 14.1. The van der Waals surface area contributed by atoms with Crippen molar-refractivity contribution >= 4 is 5.91 Å². The summed E-state index contributed by atoms with van der Waals surface area (Å²) in [5.41, 5.74) is 2.90. The fourth-order valence-corrected chi connectivity index (χ4v) is 3.07. The van der Waals surface area contributed by atoms with Crippen molar-refractivity contribution < 1.29 is 4.79 Å². The number of carbonyl (C=O) groups excluding carboxylic acids is 1. The first-order valence-corrected chi connectivity index (χ1v) is 8.10. The van der Waals surface area contributed by atoms with Crippen molar-refractivity contribution in [3.8, 4) is 0 Å². The molecule has 3 rings (SSSR count). The molecule has 0 saturated carbocycles. The summed E-state index contributed by atoms with van der Waals surface area (Å²) in [4.78, 5) is 17.0. The summed E-state index contributed by atoms with van der Waals surface area (Å²) < 4.78 is 3.69. The Hall–Kier alpha value is -2.15. The molecule has 0 aliphatic carbocycles. The number of hydrogen-bond acceptors (Lipinski definition) is 4. The molecule has 1 fully saturated rings. The molecule has 0 bridgehead atoms. The van der Waals surface area contributed by atoms with Crippen molar-refractivity contribution in [2.75, 3.05) is 26.2 Å². The standard InChI is InChI=1S/C16H24N6O/c1-4-22-13(2)15(10-18-22)16(23)21-7-5-20(6-8-21)12-14-9-17-19(3)11-14/h9-11H,4-8,12H2,1-3H3. The van der Waals surface area contributed by atoms with Gasteiger partial charge in [0.15, 0.2) is 0 Å². The van der Waals surface area contributed by atoms with E-state index in [2.05, 4.69) is 15.1 Å². The Kier molecular flexibility index (Phi) is 4.47. The lowest BCUT2D eigenvalue weighted by atomic mass is 10.2. The molecule has 1 aliphatic heterocycles. The summed E-state index contributed by atoms with van der Waals surface area (Å²) in [6, 6.07) is 0. The summed E-state index contributed by atoms with van der Waals surface area (Å²) in [6.45, 7) is 8.98. The number of nitrogens with zero attached hydrogens (tertiary/aromatic N) is 6. The van der Waals surface area contributed by atoms with Crippen LogP contribution in [-0.4, -0.2) is 61.4 Å². The normalized spacial score (nSPS) is 16.0. The molecule has 23 heavy (non-hydrogen) atoms. The predicted octanol–water partition coefficient (Wildman–Crippen LogP) is 0.903. The second-order valence-electron chi connectivity index (χ2n) is 6.05. The third kappa shape index (κ3) is 3.29. The lowest BCUT2D eigenvalue weighted by molar-refractivity contribution is 0.0627. The van der Waals surface area contributed by atoms with Crippen LogP contribution in [0.15, 0.2) is 18.6 Å². The van der Waals surface area contributed by atoms with Crippen molar-refractivity contribution in [3.05, 3.63) is 35.4 Å². The highest BCUT2D eigenvalue weighted by molar-refractivity contribution is 5.95. The number of amides is 1. The SMILES string of the molecule is CCn1ncc(C(=O)N2CCN(Cc3cnn(C)c3)CC2)c1C. The molecule has 1 aliphatic rings. The van der Waals surface area contributed by atoms with Gasteiger partial charge in [-0.1, -0.05) is 0 Å². The lowest BCUT2D eigenvalue weighted by Gasteiger charge is -2.34. The van der Waals surface area contributed by atoms with E-state index in [4.69, 9.17) is 0 Å². The van der Waals surface area contributed by atoms with Crippen molar-refractivity contribution in [2.45, 2.75) is 26.9 Å². The molecule has 2 aromatic heterocycles. The van der Waals surface area contributed by atoms with Crippen LogP contribution in [0, 0.1) is 6.92 Å². The molecule has 1 saturated heterocycles. The van der Waals surface area contributed by atoms with Crippen LogP contribution in [-0.2, 0) is 20.1 Å². The van der Waals surface area contributed by atoms with Gasteiger partial charge >= 0.3 is 0 Å². The van der Waals surface area contributed by atoms with Gasteiger partial charge in [-0.2, -0.15) is 10.2 Å². The van der Waals surface area contributed by atoms with Gasteiger partial charge < -0.3 is 4.90 Å². The number of piperazine rings is 1. The monoisotopic (exact) mass is 316 g/mol. The molecule has 0 aromatic carbocycles. The second kappa shape index (κ2) is 6.54. The van der Waals surface area contributed by atoms with E-state index >= 15 is 0 Å². The van der Waals surface area contributed by atoms with E-state index < -0.39 is 0 Å². The average molecular weight is 316 g/mol. The largest absolute Gasteiger partial charge is 0.336 e. The summed E-state index contributed by atoms with van der Waals surface area (Å²) in [6.07, 6.45) is 5.64. The van der Waals surface area contributed by atoms with Crippen molar-refractivity contribution in [3.63, 3.8) is 0 Å². The Labute approximate surface area is 136 Å². The predicted molar refractivity (Wildman–Crippen MR) is 87.0 cm³/mol. The summed E-state index contributed by atoms with van der Waals surface area (Å²) >= 11 is 0. The molecule has 2 aromatic rings. The van der Waals surface area contributed by atoms with E-state index in [0.29, 0.717) is 0 Å². The first-order chi connectivity index (χ1) is 11.1. The van der Waals surface area contributed by atoms with Crippen LogP contribution in [0.4, 0.5) is 0 Å². The first kappa shape index (κ1) is 15.7. The van der Waals surface area contributed by atoms with Crippen LogP contribution in [0.25, 0.3) is 0 Å². The molecule has 0 radical (unpaired) electrons. The van der Waals surface area contributed by atoms with Gasteiger partial charge in [-0.25, -0.2) is 0 Å². The van der Waals surface area contributed by atoms with Gasteiger partial charge in [0.2, 0.25) is 0 Å². The Morgan fingerprint density at radius 1 is 1.17 bits per heavy atom. The molecule has 0 N–H and O–H groups in total. The zero-order chi connectivity index (χ0) is 16.4. The van der Waals surface area contributed by atoms with Gasteiger partial charge in [0, 0.05) is 63.8 Å². The minimum Gasteiger partial charge on any atom is -0.336 e. The summed E-state index contributed by atoms with van der Waals surface area (Å²) in [5, 5.41) is 8.47. The van der Waals surface area contributed by atoms with Crippen LogP contribution >= 0.6 is 0 Å². The smallest absolute Gasteiger partial charge is 0.257 e. The topological polar surface area (TPSA) is 59.2 Å². The second-order valence-corrected chi connectivity index (χ2v) is 6.05. The van der Waals surface area contributed by atoms with E-state index in [1.54, 1.807) is 6.20 Å². The van der Waals surface area contributed by atoms with Crippen LogP contribution in [0.2, 0.25) is 0 Å². The molecule has 7 nitrogen and oxygen atoms in total. The third-order valence-electron chi connectivity index (χ3n) is 4.46. The summed E-state index contributed by atoms with van der Waals surface area (Å²) in [5.74, 6) is 0.100. The van der Waals surface area contributed by atoms with E-state index in [1.165, 1.54) is 5.56 Å². The number of rotatable bonds is 4. The van der Waals surface area contributed by atoms with E-state index in [9.17, 15) is 4.79 Å². The van der Waals surface area contributed by atoms with Crippen molar-refractivity contribution in [1.82, 2.24) is 29.4 Å². The number of aryl methyl sites for hydroxylation is 2. The van der Waals surface area contributed by atoms with Crippen LogP contribution in [0.5, 0.6) is 0 Å². The van der Waals surface area contributed by atoms with Gasteiger partial charge in [-0.15, -0.1) is 0 Å². The van der Waals surface area contributed by atoms with Gasteiger partial charge in [-0.05, 0) is 13.8 Å². The fraction of sp³-hybridized carbons (Fsp3) is 0.562. The van der Waals surface area contributed by atoms with Crippen LogP contribution < -0.4 is 0 Å². The van der Waals surface area contributed by atoms with Gasteiger partial charge in [0.25, 0.3) is 5.91 Å². The van der Waals surface area contributed by atoms with Gasteiger partial charge in [0.05, 0.1) is 18.0 Å². The van der Waals surface area contributed by atoms with Gasteiger partial charge in [-0.3, -0.25) is 19.1 Å². The Bertz CT molecular complexity index is 681. The zero-order valence-corrected chi connectivity index (χ0v) is 14.1. The molecule has 124 valence electrons. The minimum absolute atomic E-state index is 0.100. The van der Waals surface area contributed by atoms with Crippen LogP contribution in [0.1, 0.15) is 28.5 Å². The molecule has 1 amide bonds. The van der Waals surface area contributed by atoms with Crippen molar-refractivity contribution in [2.24, 2.45) is 7.05 Å². The molecule has 0 unspecified atom stereocenters. The molecule has 3 heterocycles. The Morgan fingerprint density at radius 2 is 1.91 bits per heavy atom. The third-order valence-corrected chi connectivity index (χ3v) is 4.46.